The van der Waals surface area contributed by atoms with E-state index in [1.807, 2.05) is 0 Å². The van der Waals surface area contributed by atoms with Crippen molar-refractivity contribution in [3.63, 3.8) is 0 Å². The van der Waals surface area contributed by atoms with Crippen LogP contribution in [0.5, 0.6) is 0 Å². The first kappa shape index (κ1) is 12.6. The van der Waals surface area contributed by atoms with Crippen LogP contribution in [0.4, 0.5) is 0 Å². The Hall–Kier alpha value is -0.870. The number of rotatable bonds is 3. The van der Waals surface area contributed by atoms with E-state index >= 15 is 0 Å². The average molecular weight is 236 g/mol. The summed E-state index contributed by atoms with van der Waals surface area (Å²) < 4.78 is 2.09. The molecule has 1 aliphatic rings. The highest BCUT2D eigenvalue weighted by molar-refractivity contribution is 5.24. The lowest BCUT2D eigenvalue weighted by Crippen LogP contribution is -2.28. The van der Waals surface area contributed by atoms with Crippen LogP contribution >= 0.6 is 0 Å². The molecule has 0 amide bonds. The zero-order chi connectivity index (χ0) is 12.6. The van der Waals surface area contributed by atoms with Gasteiger partial charge in [-0.15, -0.1) is 0 Å². The lowest BCUT2D eigenvalue weighted by Gasteiger charge is -2.15. The maximum Gasteiger partial charge on any atom is 0.0641 e. The third-order valence-electron chi connectivity index (χ3n) is 3.96. The zero-order valence-electron chi connectivity index (χ0n) is 11.4. The van der Waals surface area contributed by atoms with Gasteiger partial charge in [-0.05, 0) is 26.7 Å². The van der Waals surface area contributed by atoms with Gasteiger partial charge in [0.25, 0.3) is 0 Å². The fourth-order valence-corrected chi connectivity index (χ4v) is 2.72. The molecule has 4 nitrogen and oxygen atoms in total. The molecule has 2 heterocycles. The van der Waals surface area contributed by atoms with E-state index in [4.69, 9.17) is 5.73 Å². The predicted molar refractivity (Wildman–Crippen MR) is 69.8 cm³/mol. The summed E-state index contributed by atoms with van der Waals surface area (Å²) >= 11 is 0. The second-order valence-corrected chi connectivity index (χ2v) is 5.30. The standard InChI is InChI=1S/C13H24N4/c1-5-17-11(4)12(10(3)15-17)7-16-6-9(2)13(14)8-16/h9,13H,5-8,14H2,1-4H3. The molecule has 2 N–H and O–H groups in total. The van der Waals surface area contributed by atoms with E-state index in [0.29, 0.717) is 12.0 Å². The molecule has 17 heavy (non-hydrogen) atoms. The summed E-state index contributed by atoms with van der Waals surface area (Å²) in [5.41, 5.74) is 9.92. The summed E-state index contributed by atoms with van der Waals surface area (Å²) in [5.74, 6) is 0.608. The Morgan fingerprint density at radius 2 is 2.06 bits per heavy atom. The van der Waals surface area contributed by atoms with Crippen molar-refractivity contribution in [1.29, 1.82) is 0 Å². The number of hydrogen-bond donors (Lipinski definition) is 1. The number of aryl methyl sites for hydroxylation is 2. The second-order valence-electron chi connectivity index (χ2n) is 5.30. The second kappa shape index (κ2) is 4.78. The summed E-state index contributed by atoms with van der Waals surface area (Å²) in [5, 5.41) is 4.57. The summed E-state index contributed by atoms with van der Waals surface area (Å²) in [6, 6.07) is 0.330. The number of hydrogen-bond acceptors (Lipinski definition) is 3. The lowest BCUT2D eigenvalue weighted by atomic mass is 10.1. The maximum absolute atomic E-state index is 6.07. The largest absolute Gasteiger partial charge is 0.326 e. The molecule has 0 spiro atoms. The molecule has 4 heteroatoms. The van der Waals surface area contributed by atoms with E-state index < -0.39 is 0 Å². The van der Waals surface area contributed by atoms with Crippen molar-refractivity contribution in [2.75, 3.05) is 13.1 Å². The van der Waals surface area contributed by atoms with E-state index in [2.05, 4.69) is 42.4 Å². The SMILES string of the molecule is CCn1nc(C)c(CN2CC(C)C(N)C2)c1C. The van der Waals surface area contributed by atoms with Crippen LogP contribution in [0.3, 0.4) is 0 Å². The minimum absolute atomic E-state index is 0.330. The topological polar surface area (TPSA) is 47.1 Å². The van der Waals surface area contributed by atoms with Gasteiger partial charge in [0.1, 0.15) is 0 Å². The van der Waals surface area contributed by atoms with Crippen LogP contribution in [0.25, 0.3) is 0 Å². The van der Waals surface area contributed by atoms with Gasteiger partial charge in [-0.25, -0.2) is 0 Å². The highest BCUT2D eigenvalue weighted by atomic mass is 15.3. The minimum Gasteiger partial charge on any atom is -0.326 e. The van der Waals surface area contributed by atoms with Crippen molar-refractivity contribution in [2.24, 2.45) is 11.7 Å². The smallest absolute Gasteiger partial charge is 0.0641 e. The molecule has 2 unspecified atom stereocenters. The lowest BCUT2D eigenvalue weighted by molar-refractivity contribution is 0.317. The highest BCUT2D eigenvalue weighted by Gasteiger charge is 2.27. The normalized spacial score (nSPS) is 25.7. The molecule has 0 aromatic carbocycles. The van der Waals surface area contributed by atoms with E-state index in [1.165, 1.54) is 11.3 Å². The average Bonchev–Trinajstić information content (AvgIpc) is 2.73. The van der Waals surface area contributed by atoms with E-state index in [-0.39, 0.29) is 0 Å². The monoisotopic (exact) mass is 236 g/mol. The van der Waals surface area contributed by atoms with Crippen LogP contribution in [-0.4, -0.2) is 33.8 Å². The maximum atomic E-state index is 6.07. The number of nitrogens with two attached hydrogens (primary N) is 1. The van der Waals surface area contributed by atoms with Gasteiger partial charge in [-0.1, -0.05) is 6.92 Å². The Labute approximate surface area is 104 Å². The van der Waals surface area contributed by atoms with Gasteiger partial charge in [-0.2, -0.15) is 5.10 Å². The number of likely N-dealkylation sites (tertiary alicyclic amines) is 1. The first-order valence-electron chi connectivity index (χ1n) is 6.53. The molecular weight excluding hydrogens is 212 g/mol. The van der Waals surface area contributed by atoms with Gasteiger partial charge >= 0.3 is 0 Å². The molecule has 96 valence electrons. The van der Waals surface area contributed by atoms with Gasteiger partial charge in [0, 0.05) is 43.5 Å². The molecule has 0 radical (unpaired) electrons. The molecule has 1 fully saturated rings. The molecule has 1 saturated heterocycles. The van der Waals surface area contributed by atoms with Crippen molar-refractivity contribution in [2.45, 2.75) is 46.8 Å². The van der Waals surface area contributed by atoms with Crippen molar-refractivity contribution in [3.8, 4) is 0 Å². The fourth-order valence-electron chi connectivity index (χ4n) is 2.72. The fraction of sp³-hybridized carbons (Fsp3) is 0.769. The Kier molecular flexibility index (Phi) is 3.54. The molecule has 2 atom stereocenters. The van der Waals surface area contributed by atoms with Crippen LogP contribution < -0.4 is 5.73 Å². The third-order valence-corrected chi connectivity index (χ3v) is 3.96. The minimum atomic E-state index is 0.330. The van der Waals surface area contributed by atoms with Crippen LogP contribution in [0, 0.1) is 19.8 Å². The van der Waals surface area contributed by atoms with Gasteiger partial charge in [0.15, 0.2) is 0 Å². The van der Waals surface area contributed by atoms with Crippen molar-refractivity contribution >= 4 is 0 Å². The molecule has 0 saturated carbocycles. The van der Waals surface area contributed by atoms with Gasteiger partial charge in [-0.3, -0.25) is 9.58 Å². The molecule has 2 rings (SSSR count). The van der Waals surface area contributed by atoms with Crippen molar-refractivity contribution in [1.82, 2.24) is 14.7 Å². The number of nitrogens with zero attached hydrogens (tertiary/aromatic N) is 3. The Morgan fingerprint density at radius 3 is 2.53 bits per heavy atom. The van der Waals surface area contributed by atoms with Crippen molar-refractivity contribution in [3.05, 3.63) is 17.0 Å². The first-order chi connectivity index (χ1) is 8.02. The summed E-state index contributed by atoms with van der Waals surface area (Å²) in [6.07, 6.45) is 0. The first-order valence-corrected chi connectivity index (χ1v) is 6.53. The van der Waals surface area contributed by atoms with Crippen molar-refractivity contribution < 1.29 is 0 Å². The molecule has 0 aliphatic carbocycles. The summed E-state index contributed by atoms with van der Waals surface area (Å²) in [6.45, 7) is 12.7. The van der Waals surface area contributed by atoms with Gasteiger partial charge in [0.2, 0.25) is 0 Å². The molecule has 1 aromatic heterocycles. The van der Waals surface area contributed by atoms with E-state index in [1.54, 1.807) is 0 Å². The number of aromatic nitrogens is 2. The quantitative estimate of drug-likeness (QED) is 0.860. The highest BCUT2D eigenvalue weighted by Crippen LogP contribution is 2.21. The zero-order valence-corrected chi connectivity index (χ0v) is 11.4. The predicted octanol–water partition coefficient (Wildman–Crippen LogP) is 1.30. The Morgan fingerprint density at radius 1 is 1.35 bits per heavy atom. The Bertz CT molecular complexity index is 386. The van der Waals surface area contributed by atoms with Crippen LogP contribution in [0.1, 0.15) is 30.8 Å². The molecule has 1 aliphatic heterocycles. The molecule has 1 aromatic rings. The molecule has 0 bridgehead atoms. The third kappa shape index (κ3) is 2.38. The van der Waals surface area contributed by atoms with Crippen LogP contribution in [0.2, 0.25) is 0 Å². The molecular formula is C13H24N4. The van der Waals surface area contributed by atoms with Crippen LogP contribution in [0.15, 0.2) is 0 Å². The van der Waals surface area contributed by atoms with E-state index in [9.17, 15) is 0 Å². The van der Waals surface area contributed by atoms with Gasteiger partial charge < -0.3 is 5.73 Å². The van der Waals surface area contributed by atoms with Crippen LogP contribution in [-0.2, 0) is 13.1 Å². The Balaban J connectivity index is 2.11. The summed E-state index contributed by atoms with van der Waals surface area (Å²) in [4.78, 5) is 2.45. The van der Waals surface area contributed by atoms with Gasteiger partial charge in [0.05, 0.1) is 5.69 Å². The summed E-state index contributed by atoms with van der Waals surface area (Å²) in [7, 11) is 0. The van der Waals surface area contributed by atoms with E-state index in [0.717, 1.165) is 31.9 Å².